The molecule has 2 heterocycles. The molecule has 1 fully saturated rings. The van der Waals surface area contributed by atoms with Gasteiger partial charge in [0.2, 0.25) is 0 Å². The number of fused-ring (bicyclic) bond motifs is 1. The summed E-state index contributed by atoms with van der Waals surface area (Å²) in [6, 6.07) is 5.26. The van der Waals surface area contributed by atoms with Crippen molar-refractivity contribution in [2.75, 3.05) is 33.8 Å². The van der Waals surface area contributed by atoms with Crippen LogP contribution in [0.1, 0.15) is 10.4 Å². The lowest BCUT2D eigenvalue weighted by Gasteiger charge is -2.33. The SMILES string of the molecule is CN(C)C(=O)[C@@H]1CN(C(=O)c2ccc3nsnc3c2)CCO1. The summed E-state index contributed by atoms with van der Waals surface area (Å²) < 4.78 is 13.7. The Bertz CT molecular complexity index is 715. The molecule has 0 spiro atoms. The van der Waals surface area contributed by atoms with Crippen molar-refractivity contribution in [2.45, 2.75) is 6.10 Å². The third-order valence-corrected chi connectivity index (χ3v) is 4.13. The molecule has 0 radical (unpaired) electrons. The summed E-state index contributed by atoms with van der Waals surface area (Å²) in [6.45, 7) is 1.10. The van der Waals surface area contributed by atoms with Crippen molar-refractivity contribution in [1.82, 2.24) is 18.5 Å². The zero-order valence-electron chi connectivity index (χ0n) is 12.4. The van der Waals surface area contributed by atoms with Crippen LogP contribution in [0.15, 0.2) is 18.2 Å². The summed E-state index contributed by atoms with van der Waals surface area (Å²) in [4.78, 5) is 27.7. The lowest BCUT2D eigenvalue weighted by Crippen LogP contribution is -2.51. The second kappa shape index (κ2) is 5.98. The monoisotopic (exact) mass is 320 g/mol. The highest BCUT2D eigenvalue weighted by Gasteiger charge is 2.30. The quantitative estimate of drug-likeness (QED) is 0.811. The summed E-state index contributed by atoms with van der Waals surface area (Å²) >= 11 is 1.12. The third kappa shape index (κ3) is 2.79. The maximum absolute atomic E-state index is 12.6. The molecule has 1 aliphatic rings. The molecule has 7 nitrogen and oxygen atoms in total. The van der Waals surface area contributed by atoms with Gasteiger partial charge in [0.25, 0.3) is 11.8 Å². The molecule has 3 rings (SSSR count). The van der Waals surface area contributed by atoms with Crippen molar-refractivity contribution in [3.05, 3.63) is 23.8 Å². The average molecular weight is 320 g/mol. The Hall–Kier alpha value is -2.06. The number of ether oxygens (including phenoxy) is 1. The van der Waals surface area contributed by atoms with Gasteiger partial charge in [0.1, 0.15) is 11.0 Å². The summed E-state index contributed by atoms with van der Waals surface area (Å²) in [5.74, 6) is -0.244. The number of rotatable bonds is 2. The molecule has 1 aromatic heterocycles. The number of benzene rings is 1. The highest BCUT2D eigenvalue weighted by atomic mass is 32.1. The van der Waals surface area contributed by atoms with E-state index in [-0.39, 0.29) is 18.4 Å². The fourth-order valence-corrected chi connectivity index (χ4v) is 2.89. The van der Waals surface area contributed by atoms with Gasteiger partial charge in [0.15, 0.2) is 6.10 Å². The second-order valence-corrected chi connectivity index (χ2v) is 5.84. The van der Waals surface area contributed by atoms with Gasteiger partial charge < -0.3 is 14.5 Å². The lowest BCUT2D eigenvalue weighted by molar-refractivity contribution is -0.145. The van der Waals surface area contributed by atoms with Gasteiger partial charge >= 0.3 is 0 Å². The van der Waals surface area contributed by atoms with Crippen LogP contribution in [0.4, 0.5) is 0 Å². The summed E-state index contributed by atoms with van der Waals surface area (Å²) in [7, 11) is 3.35. The van der Waals surface area contributed by atoms with Crippen LogP contribution >= 0.6 is 11.7 Å². The third-order valence-electron chi connectivity index (χ3n) is 3.57. The van der Waals surface area contributed by atoms with Crippen LogP contribution in [-0.4, -0.2) is 70.3 Å². The van der Waals surface area contributed by atoms with Crippen molar-refractivity contribution in [2.24, 2.45) is 0 Å². The Morgan fingerprint density at radius 3 is 2.86 bits per heavy atom. The molecule has 0 unspecified atom stereocenters. The average Bonchev–Trinajstić information content (AvgIpc) is 3.01. The van der Waals surface area contributed by atoms with Gasteiger partial charge in [-0.15, -0.1) is 0 Å². The highest BCUT2D eigenvalue weighted by Crippen LogP contribution is 2.17. The topological polar surface area (TPSA) is 75.6 Å². The molecule has 22 heavy (non-hydrogen) atoms. The van der Waals surface area contributed by atoms with Crippen molar-refractivity contribution in [3.63, 3.8) is 0 Å². The van der Waals surface area contributed by atoms with Crippen LogP contribution < -0.4 is 0 Å². The van der Waals surface area contributed by atoms with Gasteiger partial charge in [0.05, 0.1) is 24.9 Å². The molecule has 2 amide bonds. The van der Waals surface area contributed by atoms with Crippen molar-refractivity contribution >= 4 is 34.6 Å². The first-order valence-corrected chi connectivity index (χ1v) is 7.63. The standard InChI is InChI=1S/C14H16N4O3S/c1-17(2)14(20)12-8-18(5-6-21-12)13(19)9-3-4-10-11(7-9)16-22-15-10/h3-4,7,12H,5-6,8H2,1-2H3/t12-/m0/s1. The van der Waals surface area contributed by atoms with Gasteiger partial charge in [-0.2, -0.15) is 8.75 Å². The van der Waals surface area contributed by atoms with E-state index < -0.39 is 6.10 Å². The minimum absolute atomic E-state index is 0.116. The Labute approximate surface area is 131 Å². The number of carbonyl (C=O) groups excluding carboxylic acids is 2. The molecule has 0 saturated carbocycles. The molecule has 0 bridgehead atoms. The maximum Gasteiger partial charge on any atom is 0.254 e. The van der Waals surface area contributed by atoms with Crippen molar-refractivity contribution < 1.29 is 14.3 Å². The molecule has 1 aliphatic heterocycles. The maximum atomic E-state index is 12.6. The van der Waals surface area contributed by atoms with Gasteiger partial charge in [-0.1, -0.05) is 0 Å². The van der Waals surface area contributed by atoms with E-state index in [1.165, 1.54) is 4.90 Å². The van der Waals surface area contributed by atoms with Crippen LogP contribution in [0.2, 0.25) is 0 Å². The Morgan fingerprint density at radius 2 is 2.09 bits per heavy atom. The second-order valence-electron chi connectivity index (χ2n) is 5.31. The van der Waals surface area contributed by atoms with Gasteiger partial charge in [-0.3, -0.25) is 9.59 Å². The molecule has 116 valence electrons. The van der Waals surface area contributed by atoms with Gasteiger partial charge in [-0.05, 0) is 18.2 Å². The number of likely N-dealkylation sites (N-methyl/N-ethyl adjacent to an activating group) is 1. The molecule has 1 aromatic carbocycles. The van der Waals surface area contributed by atoms with E-state index in [0.29, 0.717) is 24.2 Å². The van der Waals surface area contributed by atoms with E-state index >= 15 is 0 Å². The number of hydrogen-bond acceptors (Lipinski definition) is 6. The zero-order valence-corrected chi connectivity index (χ0v) is 13.2. The number of amides is 2. The first kappa shape index (κ1) is 14.9. The molecular weight excluding hydrogens is 304 g/mol. The minimum atomic E-state index is -0.600. The Balaban J connectivity index is 1.77. The van der Waals surface area contributed by atoms with E-state index in [0.717, 1.165) is 17.2 Å². The van der Waals surface area contributed by atoms with Crippen LogP contribution in [0.25, 0.3) is 11.0 Å². The predicted octanol–water partition coefficient (Wildman–Crippen LogP) is 0.620. The smallest absolute Gasteiger partial charge is 0.254 e. The molecular formula is C14H16N4O3S. The fourth-order valence-electron chi connectivity index (χ4n) is 2.37. The predicted molar refractivity (Wildman–Crippen MR) is 81.8 cm³/mol. The van der Waals surface area contributed by atoms with Crippen molar-refractivity contribution in [1.29, 1.82) is 0 Å². The summed E-state index contributed by atoms with van der Waals surface area (Å²) in [5, 5.41) is 0. The van der Waals surface area contributed by atoms with E-state index in [4.69, 9.17) is 4.74 Å². The van der Waals surface area contributed by atoms with Gasteiger partial charge in [-0.25, -0.2) is 0 Å². The van der Waals surface area contributed by atoms with Gasteiger partial charge in [0, 0.05) is 26.2 Å². The normalized spacial score (nSPS) is 18.5. The van der Waals surface area contributed by atoms with E-state index in [1.807, 2.05) is 0 Å². The Morgan fingerprint density at radius 1 is 1.32 bits per heavy atom. The van der Waals surface area contributed by atoms with E-state index in [9.17, 15) is 9.59 Å². The minimum Gasteiger partial charge on any atom is -0.365 e. The summed E-state index contributed by atoms with van der Waals surface area (Å²) in [6.07, 6.45) is -0.600. The zero-order chi connectivity index (χ0) is 15.7. The first-order valence-electron chi connectivity index (χ1n) is 6.90. The van der Waals surface area contributed by atoms with Crippen LogP contribution in [-0.2, 0) is 9.53 Å². The lowest BCUT2D eigenvalue weighted by atomic mass is 10.1. The first-order chi connectivity index (χ1) is 10.6. The van der Waals surface area contributed by atoms with Crippen LogP contribution in [0, 0.1) is 0 Å². The van der Waals surface area contributed by atoms with Crippen LogP contribution in [0.3, 0.4) is 0 Å². The Kier molecular flexibility index (Phi) is 4.04. The van der Waals surface area contributed by atoms with E-state index in [1.54, 1.807) is 37.2 Å². The molecule has 1 atom stereocenters. The highest BCUT2D eigenvalue weighted by molar-refractivity contribution is 7.00. The fraction of sp³-hybridized carbons (Fsp3) is 0.429. The molecule has 0 N–H and O–H groups in total. The number of aromatic nitrogens is 2. The largest absolute Gasteiger partial charge is 0.365 e. The number of carbonyl (C=O) groups is 2. The summed E-state index contributed by atoms with van der Waals surface area (Å²) in [5.41, 5.74) is 2.05. The molecule has 0 aliphatic carbocycles. The van der Waals surface area contributed by atoms with Crippen molar-refractivity contribution in [3.8, 4) is 0 Å². The molecule has 2 aromatic rings. The van der Waals surface area contributed by atoms with Crippen LogP contribution in [0.5, 0.6) is 0 Å². The molecule has 8 heteroatoms. The number of hydrogen-bond donors (Lipinski definition) is 0. The van der Waals surface area contributed by atoms with E-state index in [2.05, 4.69) is 8.75 Å². The number of morpholine rings is 1. The number of nitrogens with zero attached hydrogens (tertiary/aromatic N) is 4. The molecule has 1 saturated heterocycles.